The summed E-state index contributed by atoms with van der Waals surface area (Å²) in [5, 5.41) is 14.0. The number of fused-ring (bicyclic) bond motifs is 3. The predicted molar refractivity (Wildman–Crippen MR) is 143 cm³/mol. The van der Waals surface area contributed by atoms with E-state index in [9.17, 15) is 5.26 Å². The van der Waals surface area contributed by atoms with Crippen molar-refractivity contribution in [1.82, 2.24) is 19.4 Å². The number of imidazole rings is 1. The average molecular weight is 491 g/mol. The molecule has 1 fully saturated rings. The van der Waals surface area contributed by atoms with E-state index in [1.807, 2.05) is 73.1 Å². The predicted octanol–water partition coefficient (Wildman–Crippen LogP) is 5.32. The lowest BCUT2D eigenvalue weighted by molar-refractivity contribution is 0.0365. The molecule has 0 saturated carbocycles. The van der Waals surface area contributed by atoms with Crippen LogP contribution >= 0.6 is 0 Å². The van der Waals surface area contributed by atoms with E-state index in [-0.39, 0.29) is 0 Å². The molecule has 3 heterocycles. The van der Waals surface area contributed by atoms with Crippen LogP contribution in [-0.4, -0.2) is 52.3 Å². The minimum absolute atomic E-state index is 0.475. The fourth-order valence-corrected chi connectivity index (χ4v) is 4.56. The second-order valence-electron chi connectivity index (χ2n) is 8.96. The first-order valence-corrected chi connectivity index (χ1v) is 12.4. The van der Waals surface area contributed by atoms with Crippen LogP contribution in [0.2, 0.25) is 0 Å². The summed E-state index contributed by atoms with van der Waals surface area (Å²) >= 11 is 0. The van der Waals surface area contributed by atoms with E-state index in [1.54, 1.807) is 0 Å². The van der Waals surface area contributed by atoms with Gasteiger partial charge in [0.25, 0.3) is 0 Å². The molecule has 5 aromatic rings. The van der Waals surface area contributed by atoms with E-state index in [4.69, 9.17) is 19.4 Å². The maximum atomic E-state index is 9.79. The molecule has 8 heteroatoms. The third-order valence-corrected chi connectivity index (χ3v) is 6.55. The largest absolute Gasteiger partial charge is 0.457 e. The van der Waals surface area contributed by atoms with E-state index >= 15 is 0 Å². The summed E-state index contributed by atoms with van der Waals surface area (Å²) in [6.45, 7) is 5.30. The summed E-state index contributed by atoms with van der Waals surface area (Å²) in [5.41, 5.74) is 3.92. The van der Waals surface area contributed by atoms with Gasteiger partial charge in [0.15, 0.2) is 0 Å². The summed E-state index contributed by atoms with van der Waals surface area (Å²) in [6, 6.07) is 25.4. The van der Waals surface area contributed by atoms with Crippen LogP contribution in [0.3, 0.4) is 0 Å². The monoisotopic (exact) mass is 490 g/mol. The van der Waals surface area contributed by atoms with E-state index < -0.39 is 0 Å². The van der Waals surface area contributed by atoms with Crippen molar-refractivity contribution in [1.29, 1.82) is 5.26 Å². The lowest BCUT2D eigenvalue weighted by Gasteiger charge is -2.26. The third kappa shape index (κ3) is 4.96. The Hall–Kier alpha value is -4.45. The minimum Gasteiger partial charge on any atom is -0.457 e. The number of aromatic nitrogens is 3. The van der Waals surface area contributed by atoms with E-state index in [0.29, 0.717) is 11.4 Å². The van der Waals surface area contributed by atoms with Gasteiger partial charge in [0.05, 0.1) is 30.6 Å². The Morgan fingerprint density at radius 1 is 0.919 bits per heavy atom. The molecule has 2 aromatic heterocycles. The molecule has 0 aliphatic carbocycles. The summed E-state index contributed by atoms with van der Waals surface area (Å²) in [6.07, 6.45) is 1.88. The van der Waals surface area contributed by atoms with Gasteiger partial charge in [0, 0.05) is 37.3 Å². The molecule has 0 atom stereocenters. The average Bonchev–Trinajstić information content (AvgIpc) is 3.37. The highest BCUT2D eigenvalue weighted by Crippen LogP contribution is 2.29. The van der Waals surface area contributed by atoms with Crippen molar-refractivity contribution in [2.75, 3.05) is 38.2 Å². The first-order valence-electron chi connectivity index (χ1n) is 12.4. The van der Waals surface area contributed by atoms with Crippen LogP contribution in [-0.2, 0) is 11.3 Å². The first-order chi connectivity index (χ1) is 18.3. The Labute approximate surface area is 214 Å². The number of rotatable bonds is 7. The Morgan fingerprint density at radius 3 is 2.49 bits per heavy atom. The van der Waals surface area contributed by atoms with Gasteiger partial charge in [-0.15, -0.1) is 0 Å². The third-order valence-electron chi connectivity index (χ3n) is 6.55. The number of hydrogen-bond acceptors (Lipinski definition) is 7. The highest BCUT2D eigenvalue weighted by atomic mass is 16.5. The van der Waals surface area contributed by atoms with Gasteiger partial charge < -0.3 is 19.4 Å². The lowest BCUT2D eigenvalue weighted by atomic mass is 10.1. The summed E-state index contributed by atoms with van der Waals surface area (Å²) in [5.74, 6) is 2.01. The minimum atomic E-state index is 0.475. The number of pyridine rings is 1. The number of morpholine rings is 1. The van der Waals surface area contributed by atoms with Crippen molar-refractivity contribution < 1.29 is 9.47 Å². The molecular formula is C29H26N6O2. The normalized spacial score (nSPS) is 14.0. The van der Waals surface area contributed by atoms with Crippen molar-refractivity contribution in [3.05, 3.63) is 84.7 Å². The van der Waals surface area contributed by atoms with Crippen LogP contribution in [0.1, 0.15) is 5.56 Å². The Bertz CT molecular complexity index is 1570. The standard InChI is InChI=1S/C29H26N6O2/c30-19-22-18-21-6-11-26-28(31-20-35(26)13-12-34-14-16-36-17-15-34)27(21)33-29(22)32-23-7-9-25(10-8-23)37-24-4-2-1-3-5-24/h1-11,18,20H,12-17H2,(H,32,33). The number of nitriles is 1. The van der Waals surface area contributed by atoms with Crippen LogP contribution in [0, 0.1) is 11.3 Å². The van der Waals surface area contributed by atoms with Gasteiger partial charge >= 0.3 is 0 Å². The van der Waals surface area contributed by atoms with Crippen molar-refractivity contribution in [2.24, 2.45) is 0 Å². The zero-order chi connectivity index (χ0) is 25.0. The first kappa shape index (κ1) is 23.0. The van der Waals surface area contributed by atoms with E-state index in [1.165, 1.54) is 0 Å². The van der Waals surface area contributed by atoms with Gasteiger partial charge in [-0.2, -0.15) is 5.26 Å². The van der Waals surface area contributed by atoms with Gasteiger partial charge in [-0.25, -0.2) is 9.97 Å². The van der Waals surface area contributed by atoms with Crippen molar-refractivity contribution in [3.63, 3.8) is 0 Å². The molecule has 0 unspecified atom stereocenters. The van der Waals surface area contributed by atoms with Crippen LogP contribution in [0.15, 0.2) is 79.1 Å². The number of anilines is 2. The number of hydrogen-bond donors (Lipinski definition) is 1. The topological polar surface area (TPSA) is 88.2 Å². The lowest BCUT2D eigenvalue weighted by Crippen LogP contribution is -2.38. The summed E-state index contributed by atoms with van der Waals surface area (Å²) < 4.78 is 13.5. The maximum absolute atomic E-state index is 9.79. The molecule has 0 radical (unpaired) electrons. The van der Waals surface area contributed by atoms with Crippen molar-refractivity contribution in [2.45, 2.75) is 6.54 Å². The summed E-state index contributed by atoms with van der Waals surface area (Å²) in [4.78, 5) is 12.0. The van der Waals surface area contributed by atoms with Crippen LogP contribution in [0.25, 0.3) is 21.9 Å². The maximum Gasteiger partial charge on any atom is 0.149 e. The van der Waals surface area contributed by atoms with Gasteiger partial charge in [0.2, 0.25) is 0 Å². The molecule has 37 heavy (non-hydrogen) atoms. The zero-order valence-corrected chi connectivity index (χ0v) is 20.3. The summed E-state index contributed by atoms with van der Waals surface area (Å²) in [7, 11) is 0. The number of para-hydroxylation sites is 1. The van der Waals surface area contributed by atoms with Gasteiger partial charge in [-0.1, -0.05) is 24.3 Å². The Morgan fingerprint density at radius 2 is 1.70 bits per heavy atom. The fourth-order valence-electron chi connectivity index (χ4n) is 4.56. The molecule has 6 rings (SSSR count). The number of nitrogens with one attached hydrogen (secondary N) is 1. The Kier molecular flexibility index (Phi) is 6.38. The van der Waals surface area contributed by atoms with E-state index in [0.717, 1.165) is 78.5 Å². The number of benzene rings is 3. The van der Waals surface area contributed by atoms with Gasteiger partial charge in [-0.05, 0) is 48.5 Å². The quantitative estimate of drug-likeness (QED) is 0.330. The second kappa shape index (κ2) is 10.3. The van der Waals surface area contributed by atoms with Gasteiger partial charge in [0.1, 0.15) is 34.4 Å². The van der Waals surface area contributed by atoms with Crippen LogP contribution in [0.4, 0.5) is 11.5 Å². The molecule has 0 bridgehead atoms. The van der Waals surface area contributed by atoms with Crippen LogP contribution in [0.5, 0.6) is 11.5 Å². The molecule has 1 aliphatic heterocycles. The van der Waals surface area contributed by atoms with Gasteiger partial charge in [-0.3, -0.25) is 4.90 Å². The smallest absolute Gasteiger partial charge is 0.149 e. The molecule has 0 spiro atoms. The van der Waals surface area contributed by atoms with Crippen molar-refractivity contribution in [3.8, 4) is 17.6 Å². The van der Waals surface area contributed by atoms with Crippen LogP contribution < -0.4 is 10.1 Å². The molecule has 184 valence electrons. The zero-order valence-electron chi connectivity index (χ0n) is 20.3. The highest BCUT2D eigenvalue weighted by Gasteiger charge is 2.15. The second-order valence-corrected chi connectivity index (χ2v) is 8.96. The fraction of sp³-hybridized carbons (Fsp3) is 0.207. The highest BCUT2D eigenvalue weighted by molar-refractivity contribution is 6.03. The van der Waals surface area contributed by atoms with E-state index in [2.05, 4.69) is 26.9 Å². The molecule has 1 N–H and O–H groups in total. The molecule has 3 aromatic carbocycles. The molecule has 8 nitrogen and oxygen atoms in total. The number of nitrogens with zero attached hydrogens (tertiary/aromatic N) is 5. The molecule has 1 saturated heterocycles. The SMILES string of the molecule is N#Cc1cc2ccc3c(ncn3CCN3CCOCC3)c2nc1Nc1ccc(Oc2ccccc2)cc1. The molecule has 0 amide bonds. The molecule has 1 aliphatic rings. The Balaban J connectivity index is 1.25. The number of ether oxygens (including phenoxy) is 2. The molecular weight excluding hydrogens is 464 g/mol. The van der Waals surface area contributed by atoms with Crippen molar-refractivity contribution >= 4 is 33.4 Å².